The topological polar surface area (TPSA) is 34.1 Å². The van der Waals surface area contributed by atoms with Crippen LogP contribution < -0.4 is 10.1 Å². The molecule has 0 spiro atoms. The number of ether oxygens (including phenoxy) is 1. The Labute approximate surface area is 129 Å². The van der Waals surface area contributed by atoms with Crippen LogP contribution in [0.4, 0.5) is 4.39 Å². The second-order valence-corrected chi connectivity index (χ2v) is 6.20. The Bertz CT molecular complexity index is 626. The first kappa shape index (κ1) is 15.7. The average molecular weight is 309 g/mol. The molecule has 0 unspecified atom stereocenters. The smallest absolute Gasteiger partial charge is 0.147 e. The van der Waals surface area contributed by atoms with Gasteiger partial charge in [-0.3, -0.25) is 4.98 Å². The molecule has 0 saturated carbocycles. The van der Waals surface area contributed by atoms with E-state index < -0.39 is 0 Å². The third-order valence-corrected chi connectivity index (χ3v) is 2.99. The largest absolute Gasteiger partial charge is 0.455 e. The van der Waals surface area contributed by atoms with Crippen molar-refractivity contribution in [2.45, 2.75) is 32.9 Å². The minimum Gasteiger partial charge on any atom is -0.455 e. The predicted molar refractivity (Wildman–Crippen MR) is 82.3 cm³/mol. The molecule has 2 rings (SSSR count). The van der Waals surface area contributed by atoms with Crippen LogP contribution >= 0.6 is 11.6 Å². The fraction of sp³-hybridized carbons (Fsp3) is 0.312. The second-order valence-electron chi connectivity index (χ2n) is 5.76. The molecule has 0 aliphatic rings. The zero-order valence-corrected chi connectivity index (χ0v) is 13.0. The van der Waals surface area contributed by atoms with Crippen LogP contribution in [0.1, 0.15) is 26.3 Å². The molecule has 1 aromatic carbocycles. The van der Waals surface area contributed by atoms with Crippen molar-refractivity contribution in [3.8, 4) is 11.5 Å². The van der Waals surface area contributed by atoms with Gasteiger partial charge >= 0.3 is 0 Å². The van der Waals surface area contributed by atoms with E-state index in [1.54, 1.807) is 18.2 Å². The lowest BCUT2D eigenvalue weighted by molar-refractivity contribution is 0.405. The maximum absolute atomic E-state index is 14.0. The molecule has 0 saturated heterocycles. The average Bonchev–Trinajstić information content (AvgIpc) is 2.37. The van der Waals surface area contributed by atoms with Gasteiger partial charge in [0.25, 0.3) is 0 Å². The standard InChI is InChI=1S/C16H18ClFN2O/c1-16(2,3)20-10-13-14(18)5-4-6-15(13)21-12-7-11(17)8-19-9-12/h4-9,20H,10H2,1-3H3. The van der Waals surface area contributed by atoms with E-state index in [2.05, 4.69) is 10.3 Å². The van der Waals surface area contributed by atoms with Gasteiger partial charge in [0.05, 0.1) is 11.2 Å². The molecule has 1 aromatic heterocycles. The van der Waals surface area contributed by atoms with E-state index in [0.717, 1.165) is 0 Å². The SMILES string of the molecule is CC(C)(C)NCc1c(F)cccc1Oc1cncc(Cl)c1. The number of hydrogen-bond acceptors (Lipinski definition) is 3. The van der Waals surface area contributed by atoms with Gasteiger partial charge in [-0.2, -0.15) is 0 Å². The van der Waals surface area contributed by atoms with Gasteiger partial charge in [0.15, 0.2) is 0 Å². The van der Waals surface area contributed by atoms with Crippen LogP contribution in [0.5, 0.6) is 11.5 Å². The lowest BCUT2D eigenvalue weighted by atomic mass is 10.1. The number of pyridine rings is 1. The van der Waals surface area contributed by atoms with E-state index in [1.165, 1.54) is 18.5 Å². The minimum atomic E-state index is -0.306. The van der Waals surface area contributed by atoms with E-state index in [-0.39, 0.29) is 11.4 Å². The summed E-state index contributed by atoms with van der Waals surface area (Å²) in [5.41, 5.74) is 0.365. The first-order valence-corrected chi connectivity index (χ1v) is 7.04. The highest BCUT2D eigenvalue weighted by atomic mass is 35.5. The number of rotatable bonds is 4. The highest BCUT2D eigenvalue weighted by Gasteiger charge is 2.15. The Kier molecular flexibility index (Phi) is 4.80. The third kappa shape index (κ3) is 4.69. The summed E-state index contributed by atoms with van der Waals surface area (Å²) in [4.78, 5) is 3.95. The van der Waals surface area contributed by atoms with Crippen LogP contribution in [0.15, 0.2) is 36.7 Å². The molecular weight excluding hydrogens is 291 g/mol. The van der Waals surface area contributed by atoms with Crippen LogP contribution in [0, 0.1) is 5.82 Å². The number of halogens is 2. The molecule has 1 heterocycles. The van der Waals surface area contributed by atoms with Crippen molar-refractivity contribution >= 4 is 11.6 Å². The number of nitrogens with zero attached hydrogens (tertiary/aromatic N) is 1. The Balaban J connectivity index is 2.25. The normalized spacial score (nSPS) is 11.5. The third-order valence-electron chi connectivity index (χ3n) is 2.78. The van der Waals surface area contributed by atoms with Gasteiger partial charge in [-0.1, -0.05) is 17.7 Å². The highest BCUT2D eigenvalue weighted by molar-refractivity contribution is 6.30. The van der Waals surface area contributed by atoms with Gasteiger partial charge in [0, 0.05) is 29.9 Å². The molecule has 0 radical (unpaired) electrons. The maximum atomic E-state index is 14.0. The summed E-state index contributed by atoms with van der Waals surface area (Å²) in [5.74, 6) is 0.625. The lowest BCUT2D eigenvalue weighted by Crippen LogP contribution is -2.35. The van der Waals surface area contributed by atoms with Crippen molar-refractivity contribution in [1.82, 2.24) is 10.3 Å². The maximum Gasteiger partial charge on any atom is 0.147 e. The van der Waals surface area contributed by atoms with Crippen molar-refractivity contribution in [2.24, 2.45) is 0 Å². The van der Waals surface area contributed by atoms with Gasteiger partial charge in [0.2, 0.25) is 0 Å². The molecule has 21 heavy (non-hydrogen) atoms. The fourth-order valence-electron chi connectivity index (χ4n) is 1.73. The second kappa shape index (κ2) is 6.41. The summed E-state index contributed by atoms with van der Waals surface area (Å²) >= 11 is 5.87. The van der Waals surface area contributed by atoms with E-state index in [9.17, 15) is 4.39 Å². The van der Waals surface area contributed by atoms with Crippen molar-refractivity contribution < 1.29 is 9.13 Å². The molecule has 0 fully saturated rings. The van der Waals surface area contributed by atoms with Gasteiger partial charge < -0.3 is 10.1 Å². The zero-order chi connectivity index (χ0) is 15.5. The summed E-state index contributed by atoms with van der Waals surface area (Å²) < 4.78 is 19.8. The molecule has 0 bridgehead atoms. The van der Waals surface area contributed by atoms with E-state index in [4.69, 9.17) is 16.3 Å². The Morgan fingerprint density at radius 1 is 1.29 bits per heavy atom. The van der Waals surface area contributed by atoms with Gasteiger partial charge in [-0.25, -0.2) is 4.39 Å². The van der Waals surface area contributed by atoms with Gasteiger partial charge in [0.1, 0.15) is 17.3 Å². The zero-order valence-electron chi connectivity index (χ0n) is 12.3. The molecule has 0 amide bonds. The summed E-state index contributed by atoms with van der Waals surface area (Å²) in [7, 11) is 0. The number of nitrogens with one attached hydrogen (secondary N) is 1. The molecule has 2 aromatic rings. The number of benzene rings is 1. The summed E-state index contributed by atoms with van der Waals surface area (Å²) in [5, 5.41) is 3.73. The first-order chi connectivity index (χ1) is 9.85. The molecule has 0 aliphatic heterocycles. The Hall–Kier alpha value is -1.65. The molecular formula is C16H18ClFN2O. The van der Waals surface area contributed by atoms with Gasteiger partial charge in [-0.05, 0) is 32.9 Å². The fourth-order valence-corrected chi connectivity index (χ4v) is 1.90. The number of aromatic nitrogens is 1. The number of hydrogen-bond donors (Lipinski definition) is 1. The van der Waals surface area contributed by atoms with Crippen LogP contribution in [0.2, 0.25) is 5.02 Å². The summed E-state index contributed by atoms with van der Waals surface area (Å²) in [6.45, 7) is 6.44. The molecule has 112 valence electrons. The monoisotopic (exact) mass is 308 g/mol. The van der Waals surface area contributed by atoms with Crippen molar-refractivity contribution in [3.05, 3.63) is 53.1 Å². The van der Waals surface area contributed by atoms with E-state index >= 15 is 0 Å². The van der Waals surface area contributed by atoms with Crippen LogP contribution in [0.25, 0.3) is 0 Å². The summed E-state index contributed by atoms with van der Waals surface area (Å²) in [6.07, 6.45) is 3.06. The van der Waals surface area contributed by atoms with E-state index in [0.29, 0.717) is 28.6 Å². The minimum absolute atomic E-state index is 0.114. The quantitative estimate of drug-likeness (QED) is 0.899. The van der Waals surface area contributed by atoms with Crippen LogP contribution in [0.3, 0.4) is 0 Å². The Morgan fingerprint density at radius 2 is 2.05 bits per heavy atom. The molecule has 0 atom stereocenters. The molecule has 3 nitrogen and oxygen atoms in total. The van der Waals surface area contributed by atoms with E-state index in [1.807, 2.05) is 20.8 Å². The highest BCUT2D eigenvalue weighted by Crippen LogP contribution is 2.28. The van der Waals surface area contributed by atoms with Gasteiger partial charge in [-0.15, -0.1) is 0 Å². The predicted octanol–water partition coefficient (Wildman–Crippen LogP) is 4.55. The van der Waals surface area contributed by atoms with Crippen LogP contribution in [-0.4, -0.2) is 10.5 Å². The molecule has 1 N–H and O–H groups in total. The Morgan fingerprint density at radius 3 is 2.71 bits per heavy atom. The van der Waals surface area contributed by atoms with Crippen molar-refractivity contribution in [1.29, 1.82) is 0 Å². The van der Waals surface area contributed by atoms with Crippen molar-refractivity contribution in [3.63, 3.8) is 0 Å². The lowest BCUT2D eigenvalue weighted by Gasteiger charge is -2.22. The van der Waals surface area contributed by atoms with Crippen LogP contribution in [-0.2, 0) is 6.54 Å². The molecule has 0 aliphatic carbocycles. The molecule has 5 heteroatoms. The first-order valence-electron chi connectivity index (χ1n) is 6.66. The van der Waals surface area contributed by atoms with Crippen molar-refractivity contribution in [2.75, 3.05) is 0 Å². The summed E-state index contributed by atoms with van der Waals surface area (Å²) in [6, 6.07) is 6.40.